The lowest BCUT2D eigenvalue weighted by Gasteiger charge is -2.32. The zero-order chi connectivity index (χ0) is 15.9. The third-order valence-electron chi connectivity index (χ3n) is 4.04. The first kappa shape index (κ1) is 23.0. The van der Waals surface area contributed by atoms with E-state index in [9.17, 15) is 4.79 Å². The molecule has 1 aliphatic heterocycles. The van der Waals surface area contributed by atoms with Crippen molar-refractivity contribution in [1.82, 2.24) is 15.2 Å². The van der Waals surface area contributed by atoms with Crippen molar-refractivity contribution in [2.45, 2.75) is 39.2 Å². The standard InChI is InChI=1S/C17H27N3O2.2ClH/c1-13(2)22-15-5-4-9-19-16(15)17(21)20-11-7-14(8-12-20)6-10-18-3;;/h4-5,9,13-14,18H,6-8,10-12H2,1-3H3;2*1H. The molecule has 2 heterocycles. The van der Waals surface area contributed by atoms with Crippen LogP contribution in [0.4, 0.5) is 0 Å². The second-order valence-electron chi connectivity index (χ2n) is 6.14. The minimum atomic E-state index is -0.0108. The number of hydrogen-bond acceptors (Lipinski definition) is 4. The predicted octanol–water partition coefficient (Wildman–Crippen LogP) is 3.17. The smallest absolute Gasteiger partial charge is 0.276 e. The normalized spacial score (nSPS) is 14.8. The maximum Gasteiger partial charge on any atom is 0.276 e. The van der Waals surface area contributed by atoms with Gasteiger partial charge in [-0.15, -0.1) is 24.8 Å². The van der Waals surface area contributed by atoms with Gasteiger partial charge in [0.2, 0.25) is 0 Å². The summed E-state index contributed by atoms with van der Waals surface area (Å²) in [6.45, 7) is 6.57. The van der Waals surface area contributed by atoms with Gasteiger partial charge in [-0.1, -0.05) is 0 Å². The Morgan fingerprint density at radius 3 is 2.62 bits per heavy atom. The van der Waals surface area contributed by atoms with Crippen LogP contribution in [-0.4, -0.2) is 48.6 Å². The number of hydrogen-bond donors (Lipinski definition) is 1. The highest BCUT2D eigenvalue weighted by atomic mass is 35.5. The first-order valence-electron chi connectivity index (χ1n) is 8.17. The number of halogens is 2. The molecule has 0 radical (unpaired) electrons. The van der Waals surface area contributed by atoms with Gasteiger partial charge in [0.05, 0.1) is 6.10 Å². The van der Waals surface area contributed by atoms with E-state index in [0.717, 1.165) is 32.5 Å². The topological polar surface area (TPSA) is 54.5 Å². The molecule has 0 aromatic carbocycles. The highest BCUT2D eigenvalue weighted by Gasteiger charge is 2.26. The fourth-order valence-electron chi connectivity index (χ4n) is 2.82. The number of aromatic nitrogens is 1. The number of pyridine rings is 1. The third-order valence-corrected chi connectivity index (χ3v) is 4.04. The Balaban J connectivity index is 0.00000264. The van der Waals surface area contributed by atoms with Gasteiger partial charge in [-0.05, 0) is 64.8 Å². The van der Waals surface area contributed by atoms with Gasteiger partial charge in [-0.25, -0.2) is 4.98 Å². The van der Waals surface area contributed by atoms with Gasteiger partial charge in [0.25, 0.3) is 5.91 Å². The Morgan fingerprint density at radius 1 is 1.38 bits per heavy atom. The van der Waals surface area contributed by atoms with Crippen LogP contribution in [0, 0.1) is 5.92 Å². The van der Waals surface area contributed by atoms with Gasteiger partial charge in [-0.3, -0.25) is 4.79 Å². The van der Waals surface area contributed by atoms with Crippen LogP contribution < -0.4 is 10.1 Å². The van der Waals surface area contributed by atoms with E-state index in [2.05, 4.69) is 10.3 Å². The Hall–Kier alpha value is -1.04. The second-order valence-corrected chi connectivity index (χ2v) is 6.14. The zero-order valence-electron chi connectivity index (χ0n) is 14.7. The molecule has 1 aliphatic rings. The molecule has 0 unspecified atom stereocenters. The molecule has 1 N–H and O–H groups in total. The van der Waals surface area contributed by atoms with Crippen LogP contribution in [0.1, 0.15) is 43.6 Å². The van der Waals surface area contributed by atoms with Crippen molar-refractivity contribution in [2.75, 3.05) is 26.7 Å². The van der Waals surface area contributed by atoms with Crippen LogP contribution in [0.15, 0.2) is 18.3 Å². The molecule has 24 heavy (non-hydrogen) atoms. The summed E-state index contributed by atoms with van der Waals surface area (Å²) in [6, 6.07) is 3.62. The summed E-state index contributed by atoms with van der Waals surface area (Å²) in [5.74, 6) is 1.29. The third kappa shape index (κ3) is 6.46. The zero-order valence-corrected chi connectivity index (χ0v) is 16.3. The first-order chi connectivity index (χ1) is 10.6. The Morgan fingerprint density at radius 2 is 2.04 bits per heavy atom. The average molecular weight is 378 g/mol. The maximum absolute atomic E-state index is 12.7. The molecule has 0 spiro atoms. The van der Waals surface area contributed by atoms with Gasteiger partial charge < -0.3 is 15.0 Å². The number of rotatable bonds is 6. The number of carbonyl (C=O) groups is 1. The summed E-state index contributed by atoms with van der Waals surface area (Å²) >= 11 is 0. The Bertz CT molecular complexity index is 492. The minimum absolute atomic E-state index is 0. The molecule has 0 atom stereocenters. The van der Waals surface area contributed by atoms with E-state index >= 15 is 0 Å². The van der Waals surface area contributed by atoms with E-state index in [1.807, 2.05) is 31.9 Å². The molecular weight excluding hydrogens is 349 g/mol. The van der Waals surface area contributed by atoms with Gasteiger partial charge in [0.15, 0.2) is 11.4 Å². The van der Waals surface area contributed by atoms with E-state index in [-0.39, 0.29) is 36.8 Å². The van der Waals surface area contributed by atoms with Crippen LogP contribution in [-0.2, 0) is 0 Å². The lowest BCUT2D eigenvalue weighted by atomic mass is 9.93. The van der Waals surface area contributed by atoms with E-state index in [1.54, 1.807) is 12.3 Å². The van der Waals surface area contributed by atoms with E-state index in [0.29, 0.717) is 17.4 Å². The van der Waals surface area contributed by atoms with Crippen LogP contribution in [0.3, 0.4) is 0 Å². The summed E-state index contributed by atoms with van der Waals surface area (Å²) in [6.07, 6.45) is 5.01. The number of likely N-dealkylation sites (tertiary alicyclic amines) is 1. The number of piperidine rings is 1. The van der Waals surface area contributed by atoms with Crippen molar-refractivity contribution in [3.05, 3.63) is 24.0 Å². The van der Waals surface area contributed by atoms with Gasteiger partial charge in [0.1, 0.15) is 0 Å². The monoisotopic (exact) mass is 377 g/mol. The van der Waals surface area contributed by atoms with Crippen molar-refractivity contribution >= 4 is 30.7 Å². The molecule has 0 saturated carbocycles. The SMILES string of the molecule is CNCCC1CCN(C(=O)c2ncccc2OC(C)C)CC1.Cl.Cl. The molecule has 5 nitrogen and oxygen atoms in total. The summed E-state index contributed by atoms with van der Waals surface area (Å²) in [5.41, 5.74) is 0.435. The molecule has 0 aliphatic carbocycles. The quantitative estimate of drug-likeness (QED) is 0.826. The lowest BCUT2D eigenvalue weighted by molar-refractivity contribution is 0.0674. The van der Waals surface area contributed by atoms with Crippen molar-refractivity contribution in [1.29, 1.82) is 0 Å². The molecule has 1 aromatic rings. The second kappa shape index (κ2) is 11.5. The highest BCUT2D eigenvalue weighted by Crippen LogP contribution is 2.24. The summed E-state index contributed by atoms with van der Waals surface area (Å²) in [7, 11) is 1.98. The summed E-state index contributed by atoms with van der Waals surface area (Å²) in [5, 5.41) is 3.19. The van der Waals surface area contributed by atoms with Crippen LogP contribution >= 0.6 is 24.8 Å². The van der Waals surface area contributed by atoms with Crippen molar-refractivity contribution in [2.24, 2.45) is 5.92 Å². The summed E-state index contributed by atoms with van der Waals surface area (Å²) < 4.78 is 5.71. The van der Waals surface area contributed by atoms with Gasteiger partial charge >= 0.3 is 0 Å². The van der Waals surface area contributed by atoms with Crippen molar-refractivity contribution in [3.63, 3.8) is 0 Å². The molecule has 0 bridgehead atoms. The largest absolute Gasteiger partial charge is 0.489 e. The molecule has 1 fully saturated rings. The van der Waals surface area contributed by atoms with Crippen LogP contribution in [0.2, 0.25) is 0 Å². The number of nitrogens with one attached hydrogen (secondary N) is 1. The Kier molecular flexibility index (Phi) is 11.0. The highest BCUT2D eigenvalue weighted by molar-refractivity contribution is 5.95. The maximum atomic E-state index is 12.7. The van der Waals surface area contributed by atoms with Gasteiger partial charge in [-0.2, -0.15) is 0 Å². The van der Waals surface area contributed by atoms with Crippen LogP contribution in [0.5, 0.6) is 5.75 Å². The number of ether oxygens (including phenoxy) is 1. The molecule has 1 amide bonds. The number of carbonyl (C=O) groups excluding carboxylic acids is 1. The fourth-order valence-corrected chi connectivity index (χ4v) is 2.82. The van der Waals surface area contributed by atoms with E-state index in [4.69, 9.17) is 4.74 Å². The first-order valence-corrected chi connectivity index (χ1v) is 8.17. The molecular formula is C17H29Cl2N3O2. The molecule has 138 valence electrons. The fraction of sp³-hybridized carbons (Fsp3) is 0.647. The minimum Gasteiger partial charge on any atom is -0.489 e. The molecule has 1 aromatic heterocycles. The van der Waals surface area contributed by atoms with E-state index < -0.39 is 0 Å². The molecule has 7 heteroatoms. The predicted molar refractivity (Wildman–Crippen MR) is 102 cm³/mol. The van der Waals surface area contributed by atoms with Crippen molar-refractivity contribution in [3.8, 4) is 5.75 Å². The lowest BCUT2D eigenvalue weighted by Crippen LogP contribution is -2.39. The number of nitrogens with zero attached hydrogens (tertiary/aromatic N) is 2. The molecule has 2 rings (SSSR count). The molecule has 1 saturated heterocycles. The number of amides is 1. The van der Waals surface area contributed by atoms with Crippen molar-refractivity contribution < 1.29 is 9.53 Å². The van der Waals surface area contributed by atoms with E-state index in [1.165, 1.54) is 6.42 Å². The Labute approximate surface area is 157 Å². The average Bonchev–Trinajstić information content (AvgIpc) is 2.53. The van der Waals surface area contributed by atoms with Crippen LogP contribution in [0.25, 0.3) is 0 Å². The summed E-state index contributed by atoms with van der Waals surface area (Å²) in [4.78, 5) is 18.9. The van der Waals surface area contributed by atoms with Gasteiger partial charge in [0, 0.05) is 19.3 Å².